The molecule has 4 heteroatoms. The first-order valence-corrected chi connectivity index (χ1v) is 11.8. The molecule has 1 amide bonds. The first-order valence-electron chi connectivity index (χ1n) is 11.8. The first-order chi connectivity index (χ1) is 13.1. The highest BCUT2D eigenvalue weighted by Crippen LogP contribution is 2.40. The van der Waals surface area contributed by atoms with Crippen molar-refractivity contribution in [2.24, 2.45) is 17.3 Å². The van der Waals surface area contributed by atoms with Crippen LogP contribution in [0.1, 0.15) is 70.6 Å². The maximum Gasteiger partial charge on any atom is 0.225 e. The van der Waals surface area contributed by atoms with Crippen LogP contribution in [0, 0.1) is 17.3 Å². The summed E-state index contributed by atoms with van der Waals surface area (Å²) in [5, 5.41) is 0. The molecule has 1 spiro atoms. The van der Waals surface area contributed by atoms with Crippen LogP contribution < -0.4 is 0 Å². The van der Waals surface area contributed by atoms with Gasteiger partial charge >= 0.3 is 0 Å². The predicted octanol–water partition coefficient (Wildman–Crippen LogP) is 3.61. The Balaban J connectivity index is 1.26. The summed E-state index contributed by atoms with van der Waals surface area (Å²) in [6.45, 7) is 8.07. The van der Waals surface area contributed by atoms with Crippen molar-refractivity contribution in [3.8, 4) is 0 Å². The summed E-state index contributed by atoms with van der Waals surface area (Å²) in [5.74, 6) is 1.75. The summed E-state index contributed by atoms with van der Waals surface area (Å²) in [6.07, 6.45) is 14.8. The van der Waals surface area contributed by atoms with Gasteiger partial charge in [-0.1, -0.05) is 32.1 Å². The lowest BCUT2D eigenvalue weighted by molar-refractivity contribution is -0.136. The third-order valence-electron chi connectivity index (χ3n) is 8.14. The fourth-order valence-electron chi connectivity index (χ4n) is 6.31. The molecule has 3 saturated heterocycles. The third kappa shape index (κ3) is 4.87. The second kappa shape index (κ2) is 8.82. The summed E-state index contributed by atoms with van der Waals surface area (Å²) >= 11 is 0. The molecule has 1 aliphatic carbocycles. The summed E-state index contributed by atoms with van der Waals surface area (Å²) in [7, 11) is 2.18. The van der Waals surface area contributed by atoms with E-state index >= 15 is 0 Å². The standard InChI is InChI=1S/C23H41N3O/c1-24-14-9-21(10-15-24)22(27)26-17-12-23(19-26)11-5-13-25(18-23)16-8-20-6-3-2-4-7-20/h20-21H,2-19H2,1H3. The maximum atomic E-state index is 13.0. The summed E-state index contributed by atoms with van der Waals surface area (Å²) < 4.78 is 0. The molecule has 0 aromatic heterocycles. The van der Waals surface area contributed by atoms with E-state index < -0.39 is 0 Å². The van der Waals surface area contributed by atoms with Gasteiger partial charge in [0.15, 0.2) is 0 Å². The third-order valence-corrected chi connectivity index (χ3v) is 8.14. The monoisotopic (exact) mass is 375 g/mol. The molecule has 4 fully saturated rings. The Morgan fingerprint density at radius 3 is 2.44 bits per heavy atom. The normalized spacial score (nSPS) is 32.4. The highest BCUT2D eigenvalue weighted by Gasteiger charge is 2.43. The summed E-state index contributed by atoms with van der Waals surface area (Å²) in [4.78, 5) is 20.4. The number of piperidine rings is 2. The lowest BCUT2D eigenvalue weighted by Crippen LogP contribution is -2.47. The van der Waals surface area contributed by atoms with Crippen LogP contribution in [0.3, 0.4) is 0 Å². The van der Waals surface area contributed by atoms with Gasteiger partial charge in [0.05, 0.1) is 0 Å². The van der Waals surface area contributed by atoms with E-state index in [0.29, 0.717) is 17.2 Å². The Bertz CT molecular complexity index is 496. The van der Waals surface area contributed by atoms with Gasteiger partial charge in [-0.3, -0.25) is 4.79 Å². The van der Waals surface area contributed by atoms with Crippen LogP contribution in [0.5, 0.6) is 0 Å². The van der Waals surface area contributed by atoms with Gasteiger partial charge in [0, 0.05) is 31.0 Å². The van der Waals surface area contributed by atoms with Crippen LogP contribution in [0.25, 0.3) is 0 Å². The smallest absolute Gasteiger partial charge is 0.225 e. The second-order valence-electron chi connectivity index (χ2n) is 10.3. The molecule has 3 aliphatic heterocycles. The van der Waals surface area contributed by atoms with Crippen molar-refractivity contribution in [1.29, 1.82) is 0 Å². The van der Waals surface area contributed by atoms with Crippen molar-refractivity contribution in [2.45, 2.75) is 70.6 Å². The van der Waals surface area contributed by atoms with E-state index in [2.05, 4.69) is 21.7 Å². The molecule has 3 heterocycles. The van der Waals surface area contributed by atoms with E-state index in [1.54, 1.807) is 0 Å². The van der Waals surface area contributed by atoms with E-state index in [0.717, 1.165) is 44.9 Å². The quantitative estimate of drug-likeness (QED) is 0.751. The molecule has 4 nitrogen and oxygen atoms in total. The van der Waals surface area contributed by atoms with Crippen LogP contribution in [0.4, 0.5) is 0 Å². The average molecular weight is 376 g/mol. The number of hydrogen-bond donors (Lipinski definition) is 0. The minimum absolute atomic E-state index is 0.294. The van der Waals surface area contributed by atoms with E-state index in [1.807, 2.05) is 0 Å². The Labute approximate surface area is 166 Å². The largest absolute Gasteiger partial charge is 0.342 e. The number of rotatable bonds is 4. The Morgan fingerprint density at radius 1 is 0.889 bits per heavy atom. The van der Waals surface area contributed by atoms with Gasteiger partial charge in [-0.15, -0.1) is 0 Å². The number of carbonyl (C=O) groups is 1. The van der Waals surface area contributed by atoms with Crippen LogP contribution in [-0.2, 0) is 4.79 Å². The molecule has 0 aromatic rings. The van der Waals surface area contributed by atoms with Crippen molar-refractivity contribution >= 4 is 5.91 Å². The zero-order valence-electron chi connectivity index (χ0n) is 17.6. The molecule has 154 valence electrons. The molecular formula is C23H41N3O. The SMILES string of the molecule is CN1CCC(C(=O)N2CCC3(CCCN(CCC4CCCCC4)C3)C2)CC1. The van der Waals surface area contributed by atoms with Gasteiger partial charge in [-0.2, -0.15) is 0 Å². The van der Waals surface area contributed by atoms with E-state index in [-0.39, 0.29) is 0 Å². The average Bonchev–Trinajstić information content (AvgIpc) is 3.10. The van der Waals surface area contributed by atoms with Crippen LogP contribution in [0.15, 0.2) is 0 Å². The lowest BCUT2D eigenvalue weighted by atomic mass is 9.79. The minimum atomic E-state index is 0.294. The highest BCUT2D eigenvalue weighted by atomic mass is 16.2. The van der Waals surface area contributed by atoms with Gasteiger partial charge in [0.1, 0.15) is 0 Å². The van der Waals surface area contributed by atoms with Crippen LogP contribution in [-0.4, -0.2) is 73.5 Å². The molecule has 0 N–H and O–H groups in total. The Kier molecular flexibility index (Phi) is 6.43. The minimum Gasteiger partial charge on any atom is -0.342 e. The van der Waals surface area contributed by atoms with E-state index in [9.17, 15) is 4.79 Å². The number of amides is 1. The van der Waals surface area contributed by atoms with Gasteiger partial charge in [-0.25, -0.2) is 0 Å². The number of carbonyl (C=O) groups excluding carboxylic acids is 1. The Morgan fingerprint density at radius 2 is 1.67 bits per heavy atom. The zero-order valence-corrected chi connectivity index (χ0v) is 17.6. The van der Waals surface area contributed by atoms with Gasteiger partial charge in [-0.05, 0) is 77.7 Å². The molecule has 0 bridgehead atoms. The molecule has 1 atom stereocenters. The topological polar surface area (TPSA) is 26.8 Å². The van der Waals surface area contributed by atoms with Gasteiger partial charge < -0.3 is 14.7 Å². The van der Waals surface area contributed by atoms with Crippen molar-refractivity contribution in [2.75, 3.05) is 52.9 Å². The predicted molar refractivity (Wildman–Crippen MR) is 111 cm³/mol. The zero-order chi connectivity index (χ0) is 18.7. The highest BCUT2D eigenvalue weighted by molar-refractivity contribution is 5.79. The summed E-state index contributed by atoms with van der Waals surface area (Å²) in [6, 6.07) is 0. The van der Waals surface area contributed by atoms with Crippen molar-refractivity contribution < 1.29 is 4.79 Å². The fourth-order valence-corrected chi connectivity index (χ4v) is 6.31. The summed E-state index contributed by atoms with van der Waals surface area (Å²) in [5.41, 5.74) is 0.409. The molecule has 27 heavy (non-hydrogen) atoms. The second-order valence-corrected chi connectivity index (χ2v) is 10.3. The molecule has 4 rings (SSSR count). The molecular weight excluding hydrogens is 334 g/mol. The lowest BCUT2D eigenvalue weighted by Gasteiger charge is -2.41. The van der Waals surface area contributed by atoms with E-state index in [1.165, 1.54) is 77.4 Å². The molecule has 1 unspecified atom stereocenters. The Hall–Kier alpha value is -0.610. The van der Waals surface area contributed by atoms with Crippen molar-refractivity contribution in [1.82, 2.24) is 14.7 Å². The number of nitrogens with zero attached hydrogens (tertiary/aromatic N) is 3. The van der Waals surface area contributed by atoms with Crippen molar-refractivity contribution in [3.63, 3.8) is 0 Å². The van der Waals surface area contributed by atoms with Crippen LogP contribution in [0.2, 0.25) is 0 Å². The molecule has 4 aliphatic rings. The molecule has 1 saturated carbocycles. The first kappa shape index (κ1) is 19.7. The fraction of sp³-hybridized carbons (Fsp3) is 0.957. The van der Waals surface area contributed by atoms with Crippen LogP contribution >= 0.6 is 0 Å². The maximum absolute atomic E-state index is 13.0. The molecule has 0 aromatic carbocycles. The number of hydrogen-bond acceptors (Lipinski definition) is 3. The van der Waals surface area contributed by atoms with Gasteiger partial charge in [0.25, 0.3) is 0 Å². The molecule has 0 radical (unpaired) electrons. The van der Waals surface area contributed by atoms with Gasteiger partial charge in [0.2, 0.25) is 5.91 Å². The van der Waals surface area contributed by atoms with Crippen molar-refractivity contribution in [3.05, 3.63) is 0 Å². The van der Waals surface area contributed by atoms with E-state index in [4.69, 9.17) is 0 Å². The number of likely N-dealkylation sites (tertiary alicyclic amines) is 3.